The quantitative estimate of drug-likeness (QED) is 0.925. The zero-order valence-corrected chi connectivity index (χ0v) is 12.8. The van der Waals surface area contributed by atoms with E-state index in [1.807, 2.05) is 0 Å². The van der Waals surface area contributed by atoms with E-state index < -0.39 is 0 Å². The predicted molar refractivity (Wildman–Crippen MR) is 81.8 cm³/mol. The van der Waals surface area contributed by atoms with Crippen molar-refractivity contribution in [2.24, 2.45) is 5.92 Å². The highest BCUT2D eigenvalue weighted by atomic mass is 16.5. The number of ether oxygens (including phenoxy) is 1. The fraction of sp³-hybridized carbons (Fsp3) is 0.500. The number of anilines is 1. The first-order chi connectivity index (χ1) is 9.99. The molecule has 0 aliphatic carbocycles. The number of carbonyl (C=O) groups excluding carboxylic acids is 2. The van der Waals surface area contributed by atoms with Crippen LogP contribution in [0.1, 0.15) is 37.0 Å². The molecule has 0 fully saturated rings. The van der Waals surface area contributed by atoms with Crippen LogP contribution in [0, 0.1) is 5.92 Å². The molecule has 0 saturated heterocycles. The Morgan fingerprint density at radius 3 is 2.90 bits per heavy atom. The molecule has 1 aromatic carbocycles. The Morgan fingerprint density at radius 2 is 2.19 bits per heavy atom. The van der Waals surface area contributed by atoms with Crippen LogP contribution in [0.25, 0.3) is 0 Å². The normalized spacial score (nSPS) is 14.5. The van der Waals surface area contributed by atoms with E-state index >= 15 is 0 Å². The van der Waals surface area contributed by atoms with Gasteiger partial charge in [-0.3, -0.25) is 9.59 Å². The lowest BCUT2D eigenvalue weighted by atomic mass is 10.1. The van der Waals surface area contributed by atoms with Gasteiger partial charge in [0.2, 0.25) is 5.91 Å². The minimum Gasteiger partial charge on any atom is -0.491 e. The number of nitrogens with zero attached hydrogens (tertiary/aromatic N) is 1. The molecule has 5 heteroatoms. The lowest BCUT2D eigenvalue weighted by Gasteiger charge is -2.17. The highest BCUT2D eigenvalue weighted by Crippen LogP contribution is 2.31. The number of benzene rings is 1. The molecule has 0 atom stereocenters. The van der Waals surface area contributed by atoms with E-state index in [2.05, 4.69) is 19.2 Å². The lowest BCUT2D eigenvalue weighted by Crippen LogP contribution is -2.27. The molecule has 21 heavy (non-hydrogen) atoms. The smallest absolute Gasteiger partial charge is 0.251 e. The van der Waals surface area contributed by atoms with Crippen LogP contribution in [0.4, 0.5) is 5.69 Å². The SMILES string of the molecule is CC(C)CCNC(=O)c1ccc2c(c1)N(C)C(=O)CCO2. The minimum absolute atomic E-state index is 0.00823. The van der Waals surface area contributed by atoms with Crippen molar-refractivity contribution in [2.45, 2.75) is 26.7 Å². The van der Waals surface area contributed by atoms with Crippen LogP contribution in [-0.2, 0) is 4.79 Å². The van der Waals surface area contributed by atoms with Gasteiger partial charge in [0.15, 0.2) is 0 Å². The van der Waals surface area contributed by atoms with Gasteiger partial charge in [-0.2, -0.15) is 0 Å². The summed E-state index contributed by atoms with van der Waals surface area (Å²) in [6, 6.07) is 5.19. The van der Waals surface area contributed by atoms with E-state index in [9.17, 15) is 9.59 Å². The van der Waals surface area contributed by atoms with Gasteiger partial charge in [0.1, 0.15) is 5.75 Å². The molecule has 0 spiro atoms. The molecule has 1 N–H and O–H groups in total. The maximum Gasteiger partial charge on any atom is 0.251 e. The predicted octanol–water partition coefficient (Wildman–Crippen LogP) is 2.21. The third-order valence-electron chi connectivity index (χ3n) is 3.54. The standard InChI is InChI=1S/C16H22N2O3/c1-11(2)6-8-17-16(20)12-4-5-14-13(10-12)18(3)15(19)7-9-21-14/h4-5,10-11H,6-9H2,1-3H3,(H,17,20). The third-order valence-corrected chi connectivity index (χ3v) is 3.54. The van der Waals surface area contributed by atoms with Crippen molar-refractivity contribution in [1.82, 2.24) is 5.32 Å². The average molecular weight is 290 g/mol. The van der Waals surface area contributed by atoms with Crippen LogP contribution in [0.2, 0.25) is 0 Å². The fourth-order valence-corrected chi connectivity index (χ4v) is 2.17. The Morgan fingerprint density at radius 1 is 1.43 bits per heavy atom. The van der Waals surface area contributed by atoms with Crippen LogP contribution >= 0.6 is 0 Å². The summed E-state index contributed by atoms with van der Waals surface area (Å²) in [5.41, 5.74) is 1.19. The zero-order valence-electron chi connectivity index (χ0n) is 12.8. The second-order valence-corrected chi connectivity index (χ2v) is 5.67. The second kappa shape index (κ2) is 6.61. The van der Waals surface area contributed by atoms with Gasteiger partial charge in [0.25, 0.3) is 5.91 Å². The van der Waals surface area contributed by atoms with Crippen molar-refractivity contribution in [1.29, 1.82) is 0 Å². The van der Waals surface area contributed by atoms with Crippen LogP contribution in [0.5, 0.6) is 5.75 Å². The Bertz CT molecular complexity index is 540. The van der Waals surface area contributed by atoms with Gasteiger partial charge in [0.05, 0.1) is 18.7 Å². The molecule has 0 saturated carbocycles. The summed E-state index contributed by atoms with van der Waals surface area (Å²) < 4.78 is 5.54. The van der Waals surface area contributed by atoms with Gasteiger partial charge in [-0.1, -0.05) is 13.8 Å². The second-order valence-electron chi connectivity index (χ2n) is 5.67. The van der Waals surface area contributed by atoms with E-state index in [0.717, 1.165) is 6.42 Å². The van der Waals surface area contributed by atoms with Crippen LogP contribution in [0.3, 0.4) is 0 Å². The molecule has 0 aromatic heterocycles. The Kier molecular flexibility index (Phi) is 4.83. The monoisotopic (exact) mass is 290 g/mol. The molecule has 0 radical (unpaired) electrons. The zero-order chi connectivity index (χ0) is 15.4. The van der Waals surface area contributed by atoms with Crippen molar-refractivity contribution < 1.29 is 14.3 Å². The van der Waals surface area contributed by atoms with Crippen molar-refractivity contribution in [3.05, 3.63) is 23.8 Å². The molecule has 2 amide bonds. The molecule has 2 rings (SSSR count). The Balaban J connectivity index is 2.14. The van der Waals surface area contributed by atoms with Crippen molar-refractivity contribution in [2.75, 3.05) is 25.1 Å². The van der Waals surface area contributed by atoms with Crippen molar-refractivity contribution in [3.8, 4) is 5.75 Å². The Labute approximate surface area is 125 Å². The van der Waals surface area contributed by atoms with E-state index in [1.165, 1.54) is 0 Å². The molecular formula is C16H22N2O3. The number of amides is 2. The van der Waals surface area contributed by atoms with Crippen LogP contribution in [0.15, 0.2) is 18.2 Å². The average Bonchev–Trinajstić information content (AvgIpc) is 2.58. The summed E-state index contributed by atoms with van der Waals surface area (Å²) in [5.74, 6) is 1.06. The maximum absolute atomic E-state index is 12.1. The molecule has 0 unspecified atom stereocenters. The summed E-state index contributed by atoms with van der Waals surface area (Å²) in [5, 5.41) is 2.90. The largest absolute Gasteiger partial charge is 0.491 e. The molecule has 1 heterocycles. The summed E-state index contributed by atoms with van der Waals surface area (Å²) >= 11 is 0. The van der Waals surface area contributed by atoms with Crippen LogP contribution in [-0.4, -0.2) is 32.0 Å². The lowest BCUT2D eigenvalue weighted by molar-refractivity contribution is -0.118. The van der Waals surface area contributed by atoms with Crippen molar-refractivity contribution >= 4 is 17.5 Å². The third kappa shape index (κ3) is 3.74. The molecule has 1 aliphatic heterocycles. The first-order valence-electron chi connectivity index (χ1n) is 7.30. The van der Waals surface area contributed by atoms with Crippen LogP contribution < -0.4 is 15.0 Å². The van der Waals surface area contributed by atoms with Gasteiger partial charge < -0.3 is 15.0 Å². The number of fused-ring (bicyclic) bond motifs is 1. The van der Waals surface area contributed by atoms with Gasteiger partial charge in [0, 0.05) is 19.2 Å². The van der Waals surface area contributed by atoms with E-state index in [0.29, 0.717) is 42.5 Å². The van der Waals surface area contributed by atoms with Crippen molar-refractivity contribution in [3.63, 3.8) is 0 Å². The number of hydrogen-bond donors (Lipinski definition) is 1. The summed E-state index contributed by atoms with van der Waals surface area (Å²) in [7, 11) is 1.70. The Hall–Kier alpha value is -2.04. The van der Waals surface area contributed by atoms with Gasteiger partial charge in [-0.25, -0.2) is 0 Å². The molecule has 1 aromatic rings. The minimum atomic E-state index is -0.122. The van der Waals surface area contributed by atoms with Gasteiger partial charge >= 0.3 is 0 Å². The summed E-state index contributed by atoms with van der Waals surface area (Å²) in [6.07, 6.45) is 1.29. The first-order valence-corrected chi connectivity index (χ1v) is 7.30. The molecule has 0 bridgehead atoms. The fourth-order valence-electron chi connectivity index (χ4n) is 2.17. The number of rotatable bonds is 4. The number of hydrogen-bond acceptors (Lipinski definition) is 3. The van der Waals surface area contributed by atoms with E-state index in [1.54, 1.807) is 30.1 Å². The summed E-state index contributed by atoms with van der Waals surface area (Å²) in [6.45, 7) is 5.26. The molecule has 5 nitrogen and oxygen atoms in total. The molecule has 114 valence electrons. The van der Waals surface area contributed by atoms with E-state index in [-0.39, 0.29) is 11.8 Å². The highest BCUT2D eigenvalue weighted by molar-refractivity contribution is 5.99. The van der Waals surface area contributed by atoms with E-state index in [4.69, 9.17) is 4.74 Å². The molecule has 1 aliphatic rings. The first kappa shape index (κ1) is 15.4. The topological polar surface area (TPSA) is 58.6 Å². The highest BCUT2D eigenvalue weighted by Gasteiger charge is 2.21. The summed E-state index contributed by atoms with van der Waals surface area (Å²) in [4.78, 5) is 25.5. The van der Waals surface area contributed by atoms with Gasteiger partial charge in [-0.15, -0.1) is 0 Å². The number of carbonyl (C=O) groups is 2. The number of nitrogens with one attached hydrogen (secondary N) is 1. The van der Waals surface area contributed by atoms with Gasteiger partial charge in [-0.05, 0) is 30.5 Å². The molecular weight excluding hydrogens is 268 g/mol. The maximum atomic E-state index is 12.1.